The van der Waals surface area contributed by atoms with Gasteiger partial charge in [-0.1, -0.05) is 28.1 Å². The molecular formula is C12H7BrF2N2O2. The SMILES string of the molecule is O=C(O)c1cnc(-c2cccc(Br)c2)nc1C(F)F. The van der Waals surface area contributed by atoms with Gasteiger partial charge in [0.15, 0.2) is 5.82 Å². The van der Waals surface area contributed by atoms with Gasteiger partial charge in [0.1, 0.15) is 11.3 Å². The topological polar surface area (TPSA) is 63.1 Å². The van der Waals surface area contributed by atoms with Crippen molar-refractivity contribution in [3.63, 3.8) is 0 Å². The maximum absolute atomic E-state index is 12.8. The molecule has 0 aliphatic rings. The number of aromatic nitrogens is 2. The summed E-state index contributed by atoms with van der Waals surface area (Å²) < 4.78 is 26.3. The van der Waals surface area contributed by atoms with Gasteiger partial charge >= 0.3 is 5.97 Å². The van der Waals surface area contributed by atoms with Crippen LogP contribution < -0.4 is 0 Å². The van der Waals surface area contributed by atoms with E-state index in [9.17, 15) is 13.6 Å². The number of benzene rings is 1. The molecule has 0 aliphatic carbocycles. The molecule has 1 heterocycles. The molecule has 98 valence electrons. The van der Waals surface area contributed by atoms with Gasteiger partial charge in [0.2, 0.25) is 0 Å². The van der Waals surface area contributed by atoms with E-state index in [1.165, 1.54) is 0 Å². The summed E-state index contributed by atoms with van der Waals surface area (Å²) in [7, 11) is 0. The molecule has 19 heavy (non-hydrogen) atoms. The summed E-state index contributed by atoms with van der Waals surface area (Å²) in [5.41, 5.74) is -0.848. The lowest BCUT2D eigenvalue weighted by Gasteiger charge is -2.06. The van der Waals surface area contributed by atoms with Gasteiger partial charge in [-0.05, 0) is 12.1 Å². The third-order valence-corrected chi connectivity index (χ3v) is 2.83. The van der Waals surface area contributed by atoms with Crippen LogP contribution in [-0.2, 0) is 0 Å². The number of halogens is 3. The number of rotatable bonds is 3. The molecule has 0 aliphatic heterocycles. The third-order valence-electron chi connectivity index (χ3n) is 2.34. The lowest BCUT2D eigenvalue weighted by molar-refractivity contribution is 0.0681. The quantitative estimate of drug-likeness (QED) is 0.935. The Balaban J connectivity index is 2.55. The van der Waals surface area contributed by atoms with E-state index in [-0.39, 0.29) is 5.82 Å². The first kappa shape index (κ1) is 13.5. The van der Waals surface area contributed by atoms with Crippen LogP contribution in [0.3, 0.4) is 0 Å². The molecule has 0 saturated heterocycles. The van der Waals surface area contributed by atoms with Crippen molar-refractivity contribution in [2.75, 3.05) is 0 Å². The molecule has 0 radical (unpaired) electrons. The number of carbonyl (C=O) groups is 1. The fraction of sp³-hybridized carbons (Fsp3) is 0.0833. The molecule has 2 rings (SSSR count). The van der Waals surface area contributed by atoms with Gasteiger partial charge in [-0.25, -0.2) is 23.5 Å². The number of nitrogens with zero attached hydrogens (tertiary/aromatic N) is 2. The Hall–Kier alpha value is -1.89. The summed E-state index contributed by atoms with van der Waals surface area (Å²) in [5, 5.41) is 8.80. The van der Waals surface area contributed by atoms with Crippen LogP contribution in [0.25, 0.3) is 11.4 Å². The summed E-state index contributed by atoms with van der Waals surface area (Å²) in [4.78, 5) is 18.3. The molecule has 0 atom stereocenters. The molecule has 4 nitrogen and oxygen atoms in total. The van der Waals surface area contributed by atoms with Crippen molar-refractivity contribution in [3.05, 3.63) is 46.2 Å². The Morgan fingerprint density at radius 3 is 2.68 bits per heavy atom. The Bertz CT molecular complexity index is 635. The molecule has 0 unspecified atom stereocenters. The molecule has 0 fully saturated rings. The number of hydrogen-bond acceptors (Lipinski definition) is 3. The summed E-state index contributed by atoms with van der Waals surface area (Å²) in [5.74, 6) is -1.42. The molecular weight excluding hydrogens is 322 g/mol. The summed E-state index contributed by atoms with van der Waals surface area (Å²) >= 11 is 3.25. The zero-order chi connectivity index (χ0) is 14.0. The van der Waals surface area contributed by atoms with Gasteiger partial charge in [-0.3, -0.25) is 0 Å². The van der Waals surface area contributed by atoms with Gasteiger partial charge in [0, 0.05) is 16.2 Å². The number of alkyl halides is 2. The summed E-state index contributed by atoms with van der Waals surface area (Å²) in [6, 6.07) is 6.78. The van der Waals surface area contributed by atoms with Crippen LogP contribution in [0, 0.1) is 0 Å². The van der Waals surface area contributed by atoms with Crippen LogP contribution in [-0.4, -0.2) is 21.0 Å². The highest BCUT2D eigenvalue weighted by Crippen LogP contribution is 2.25. The van der Waals surface area contributed by atoms with Gasteiger partial charge in [0.05, 0.1) is 0 Å². The second-order valence-corrected chi connectivity index (χ2v) is 4.52. The predicted molar refractivity (Wildman–Crippen MR) is 67.1 cm³/mol. The molecule has 1 aromatic carbocycles. The van der Waals surface area contributed by atoms with Crippen LogP contribution >= 0.6 is 15.9 Å². The fourth-order valence-electron chi connectivity index (χ4n) is 1.49. The molecule has 7 heteroatoms. The van der Waals surface area contributed by atoms with E-state index in [2.05, 4.69) is 25.9 Å². The first-order valence-electron chi connectivity index (χ1n) is 5.13. The number of carboxylic acids is 1. The highest BCUT2D eigenvalue weighted by atomic mass is 79.9. The van der Waals surface area contributed by atoms with Gasteiger partial charge in [-0.2, -0.15) is 0 Å². The molecule has 0 bridgehead atoms. The molecule has 0 spiro atoms. The van der Waals surface area contributed by atoms with E-state index in [4.69, 9.17) is 5.11 Å². The molecule has 1 N–H and O–H groups in total. The Labute approximate surface area is 115 Å². The average Bonchev–Trinajstić information content (AvgIpc) is 2.37. The molecule has 1 aromatic heterocycles. The highest BCUT2D eigenvalue weighted by molar-refractivity contribution is 9.10. The van der Waals surface area contributed by atoms with Crippen molar-refractivity contribution in [1.82, 2.24) is 9.97 Å². The van der Waals surface area contributed by atoms with Crippen molar-refractivity contribution in [1.29, 1.82) is 0 Å². The van der Waals surface area contributed by atoms with Crippen molar-refractivity contribution < 1.29 is 18.7 Å². The monoisotopic (exact) mass is 328 g/mol. The smallest absolute Gasteiger partial charge is 0.339 e. The lowest BCUT2D eigenvalue weighted by Crippen LogP contribution is -2.07. The number of aromatic carboxylic acids is 1. The average molecular weight is 329 g/mol. The van der Waals surface area contributed by atoms with E-state index in [0.29, 0.717) is 5.56 Å². The number of hydrogen-bond donors (Lipinski definition) is 1. The minimum atomic E-state index is -2.97. The van der Waals surface area contributed by atoms with E-state index in [1.54, 1.807) is 24.3 Å². The maximum Gasteiger partial charge on any atom is 0.339 e. The largest absolute Gasteiger partial charge is 0.478 e. The second kappa shape index (κ2) is 5.40. The van der Waals surface area contributed by atoms with Crippen molar-refractivity contribution in [2.24, 2.45) is 0 Å². The minimum Gasteiger partial charge on any atom is -0.478 e. The maximum atomic E-state index is 12.8. The van der Waals surface area contributed by atoms with Gasteiger partial charge < -0.3 is 5.11 Å². The Morgan fingerprint density at radius 1 is 1.37 bits per heavy atom. The molecule has 0 amide bonds. The van der Waals surface area contributed by atoms with Gasteiger partial charge in [-0.15, -0.1) is 0 Å². The van der Waals surface area contributed by atoms with E-state index in [0.717, 1.165) is 10.7 Å². The summed E-state index contributed by atoms with van der Waals surface area (Å²) in [6.07, 6.45) is -2.08. The van der Waals surface area contributed by atoms with Crippen LogP contribution in [0.1, 0.15) is 22.5 Å². The number of carboxylic acid groups (broad SMARTS) is 1. The molecule has 2 aromatic rings. The zero-order valence-corrected chi connectivity index (χ0v) is 10.9. The fourth-order valence-corrected chi connectivity index (χ4v) is 1.89. The second-order valence-electron chi connectivity index (χ2n) is 3.61. The Kier molecular flexibility index (Phi) is 3.84. The lowest BCUT2D eigenvalue weighted by atomic mass is 10.2. The first-order valence-corrected chi connectivity index (χ1v) is 5.92. The molecule has 0 saturated carbocycles. The standard InChI is InChI=1S/C12H7BrF2N2O2/c13-7-3-1-2-6(4-7)11-16-5-8(12(18)19)9(17-11)10(14)15/h1-5,10H,(H,18,19). The van der Waals surface area contributed by atoms with Crippen molar-refractivity contribution in [3.8, 4) is 11.4 Å². The third kappa shape index (κ3) is 2.93. The van der Waals surface area contributed by atoms with Crippen LogP contribution in [0.2, 0.25) is 0 Å². The zero-order valence-electron chi connectivity index (χ0n) is 9.35. The van der Waals surface area contributed by atoms with E-state index >= 15 is 0 Å². The first-order chi connectivity index (χ1) is 8.99. The van der Waals surface area contributed by atoms with Crippen LogP contribution in [0.4, 0.5) is 8.78 Å². The normalized spacial score (nSPS) is 10.7. The van der Waals surface area contributed by atoms with Crippen LogP contribution in [0.5, 0.6) is 0 Å². The van der Waals surface area contributed by atoms with E-state index in [1.807, 2.05) is 0 Å². The van der Waals surface area contributed by atoms with Crippen LogP contribution in [0.15, 0.2) is 34.9 Å². The van der Waals surface area contributed by atoms with Gasteiger partial charge in [0.25, 0.3) is 6.43 Å². The van der Waals surface area contributed by atoms with Crippen molar-refractivity contribution >= 4 is 21.9 Å². The van der Waals surface area contributed by atoms with E-state index < -0.39 is 23.7 Å². The highest BCUT2D eigenvalue weighted by Gasteiger charge is 2.21. The Morgan fingerprint density at radius 2 is 2.11 bits per heavy atom. The predicted octanol–water partition coefficient (Wildman–Crippen LogP) is 3.54. The minimum absolute atomic E-state index is 0.0570. The summed E-state index contributed by atoms with van der Waals surface area (Å²) in [6.45, 7) is 0. The van der Waals surface area contributed by atoms with Crippen molar-refractivity contribution in [2.45, 2.75) is 6.43 Å².